The quantitative estimate of drug-likeness (QED) is 0.591. The van der Waals surface area contributed by atoms with Crippen LogP contribution in [0, 0.1) is 11.6 Å². The van der Waals surface area contributed by atoms with Crippen molar-refractivity contribution in [2.45, 2.75) is 0 Å². The molecule has 3 rings (SSSR count). The summed E-state index contributed by atoms with van der Waals surface area (Å²) in [5, 5.41) is 2.58. The molecule has 158 valence electrons. The highest BCUT2D eigenvalue weighted by molar-refractivity contribution is 5.99. The zero-order valence-electron chi connectivity index (χ0n) is 16.3. The first-order valence-corrected chi connectivity index (χ1v) is 8.91. The molecule has 2 aromatic carbocycles. The number of rotatable bonds is 6. The maximum absolute atomic E-state index is 14.1. The number of pyridine rings is 1. The van der Waals surface area contributed by atoms with E-state index >= 15 is 0 Å². The van der Waals surface area contributed by atoms with Crippen molar-refractivity contribution in [1.82, 2.24) is 4.57 Å². The van der Waals surface area contributed by atoms with E-state index in [1.54, 1.807) is 0 Å². The largest absolute Gasteiger partial charge is 0.454 e. The molecule has 0 atom stereocenters. The van der Waals surface area contributed by atoms with Crippen molar-refractivity contribution in [3.8, 4) is 22.6 Å². The molecule has 3 N–H and O–H groups in total. The third-order valence-corrected chi connectivity index (χ3v) is 4.31. The fourth-order valence-electron chi connectivity index (χ4n) is 2.83. The Kier molecular flexibility index (Phi) is 5.96. The van der Waals surface area contributed by atoms with Gasteiger partial charge in [0.15, 0.2) is 11.6 Å². The molecule has 0 spiro atoms. The van der Waals surface area contributed by atoms with Crippen LogP contribution in [0.1, 0.15) is 10.4 Å². The molecular formula is C22H17F2N3O4. The summed E-state index contributed by atoms with van der Waals surface area (Å²) >= 11 is 0. The minimum Gasteiger partial charge on any atom is -0.454 e. The van der Waals surface area contributed by atoms with Gasteiger partial charge in [0.1, 0.15) is 17.1 Å². The molecule has 0 saturated heterocycles. The monoisotopic (exact) mass is 425 g/mol. The number of aryl methyl sites for hydroxylation is 1. The van der Waals surface area contributed by atoms with Gasteiger partial charge in [-0.15, -0.1) is 0 Å². The molecule has 31 heavy (non-hydrogen) atoms. The van der Waals surface area contributed by atoms with Crippen LogP contribution in [-0.4, -0.2) is 16.4 Å². The van der Waals surface area contributed by atoms with Crippen LogP contribution < -0.4 is 21.3 Å². The fraction of sp³-hybridized carbons (Fsp3) is 0.0455. The maximum atomic E-state index is 14.1. The van der Waals surface area contributed by atoms with Crippen molar-refractivity contribution in [3.63, 3.8) is 0 Å². The van der Waals surface area contributed by atoms with Crippen molar-refractivity contribution < 1.29 is 23.1 Å². The Bertz CT molecular complexity index is 1270. The Morgan fingerprint density at radius 2 is 1.84 bits per heavy atom. The van der Waals surface area contributed by atoms with Gasteiger partial charge in [-0.25, -0.2) is 8.78 Å². The van der Waals surface area contributed by atoms with E-state index in [0.717, 1.165) is 22.8 Å². The zero-order chi connectivity index (χ0) is 22.7. The summed E-state index contributed by atoms with van der Waals surface area (Å²) in [6.45, 7) is 3.38. The third-order valence-electron chi connectivity index (χ3n) is 4.31. The molecule has 1 aromatic heterocycles. The number of benzene rings is 2. The summed E-state index contributed by atoms with van der Waals surface area (Å²) in [4.78, 5) is 35.5. The maximum Gasteiger partial charge on any atom is 0.263 e. The molecule has 0 aliphatic carbocycles. The lowest BCUT2D eigenvalue weighted by atomic mass is 10.0. The Labute approximate surface area is 175 Å². The first-order chi connectivity index (χ1) is 14.7. The van der Waals surface area contributed by atoms with Crippen LogP contribution in [0.15, 0.2) is 66.1 Å². The van der Waals surface area contributed by atoms with Gasteiger partial charge in [-0.2, -0.15) is 0 Å². The molecule has 0 aliphatic rings. The number of nitrogens with two attached hydrogens (primary N) is 1. The van der Waals surface area contributed by atoms with Gasteiger partial charge in [-0.05, 0) is 42.5 Å². The van der Waals surface area contributed by atoms with Crippen LogP contribution in [0.25, 0.3) is 11.1 Å². The van der Waals surface area contributed by atoms with Crippen molar-refractivity contribution in [2.75, 3.05) is 5.32 Å². The number of primary amides is 1. The average molecular weight is 425 g/mol. The van der Waals surface area contributed by atoms with Gasteiger partial charge in [0.05, 0.1) is 0 Å². The van der Waals surface area contributed by atoms with Gasteiger partial charge in [0.25, 0.3) is 11.5 Å². The lowest BCUT2D eigenvalue weighted by Crippen LogP contribution is -2.27. The van der Waals surface area contributed by atoms with Crippen molar-refractivity contribution in [1.29, 1.82) is 0 Å². The van der Waals surface area contributed by atoms with Gasteiger partial charge in [-0.1, -0.05) is 6.58 Å². The van der Waals surface area contributed by atoms with Crippen LogP contribution in [0.2, 0.25) is 0 Å². The molecule has 1 heterocycles. The molecule has 7 nitrogen and oxygen atoms in total. The second-order valence-electron chi connectivity index (χ2n) is 6.50. The second-order valence-corrected chi connectivity index (χ2v) is 6.50. The third kappa shape index (κ3) is 4.67. The Morgan fingerprint density at radius 1 is 1.13 bits per heavy atom. The van der Waals surface area contributed by atoms with Gasteiger partial charge >= 0.3 is 0 Å². The summed E-state index contributed by atoms with van der Waals surface area (Å²) in [6, 6.07) is 8.55. The summed E-state index contributed by atoms with van der Waals surface area (Å²) in [5.74, 6) is -3.21. The number of halogens is 2. The number of carbonyl (C=O) groups excluding carboxylic acids is 2. The number of nitrogens with zero attached hydrogens (tertiary/aromatic N) is 1. The first kappa shape index (κ1) is 21.4. The minimum absolute atomic E-state index is 0.121. The van der Waals surface area contributed by atoms with E-state index < -0.39 is 29.0 Å². The molecule has 0 unspecified atom stereocenters. The number of anilines is 1. The number of hydrogen-bond donors (Lipinski definition) is 2. The molecule has 9 heteroatoms. The summed E-state index contributed by atoms with van der Waals surface area (Å²) in [5.41, 5.74) is 5.43. The zero-order valence-corrected chi connectivity index (χ0v) is 16.3. The number of nitrogens with one attached hydrogen (secondary N) is 1. The van der Waals surface area contributed by atoms with Gasteiger partial charge in [0, 0.05) is 36.1 Å². The van der Waals surface area contributed by atoms with Gasteiger partial charge < -0.3 is 20.4 Å². The fourth-order valence-corrected chi connectivity index (χ4v) is 2.83. The normalized spacial score (nSPS) is 10.4. The van der Waals surface area contributed by atoms with E-state index in [1.165, 1.54) is 37.5 Å². The SMILES string of the molecule is C=CC(=O)Nc1ccc(Oc2ccc(F)cc2F)c(-c2cc(C(N)=O)c(=O)n(C)c2)c1. The van der Waals surface area contributed by atoms with Crippen molar-refractivity contribution in [2.24, 2.45) is 12.8 Å². The molecular weight excluding hydrogens is 408 g/mol. The van der Waals surface area contributed by atoms with Crippen molar-refractivity contribution in [3.05, 3.63) is 88.9 Å². The van der Waals surface area contributed by atoms with Crippen LogP contribution in [0.3, 0.4) is 0 Å². The number of hydrogen-bond acceptors (Lipinski definition) is 4. The molecule has 2 amide bonds. The average Bonchev–Trinajstić information content (AvgIpc) is 2.72. The van der Waals surface area contributed by atoms with E-state index in [1.807, 2.05) is 0 Å². The standard InChI is InChI=1S/C22H17F2N3O4/c1-3-20(28)26-14-5-7-18(31-19-6-4-13(23)9-17(19)24)15(10-14)12-8-16(21(25)29)22(30)27(2)11-12/h3-11H,1H2,2H3,(H2,25,29)(H,26,28). The molecule has 0 fully saturated rings. The van der Waals surface area contributed by atoms with Crippen LogP contribution in [0.4, 0.5) is 14.5 Å². The molecule has 0 saturated carbocycles. The summed E-state index contributed by atoms with van der Waals surface area (Å²) in [6.07, 6.45) is 2.51. The Morgan fingerprint density at radius 3 is 2.48 bits per heavy atom. The van der Waals surface area contributed by atoms with Gasteiger partial charge in [-0.3, -0.25) is 14.4 Å². The lowest BCUT2D eigenvalue weighted by molar-refractivity contribution is -0.111. The van der Waals surface area contributed by atoms with E-state index in [-0.39, 0.29) is 17.1 Å². The number of aromatic nitrogens is 1. The molecule has 0 bridgehead atoms. The summed E-state index contributed by atoms with van der Waals surface area (Å²) < 4.78 is 34.1. The van der Waals surface area contributed by atoms with Crippen molar-refractivity contribution >= 4 is 17.5 Å². The minimum atomic E-state index is -0.925. The van der Waals surface area contributed by atoms with Gasteiger partial charge in [0.2, 0.25) is 5.91 Å². The smallest absolute Gasteiger partial charge is 0.263 e. The predicted octanol–water partition coefficient (Wildman–Crippen LogP) is 3.35. The topological polar surface area (TPSA) is 103 Å². The van der Waals surface area contributed by atoms with E-state index in [2.05, 4.69) is 11.9 Å². The van der Waals surface area contributed by atoms with E-state index in [0.29, 0.717) is 22.9 Å². The summed E-state index contributed by atoms with van der Waals surface area (Å²) in [7, 11) is 1.43. The van der Waals surface area contributed by atoms with E-state index in [4.69, 9.17) is 10.5 Å². The van der Waals surface area contributed by atoms with Crippen LogP contribution >= 0.6 is 0 Å². The number of carbonyl (C=O) groups is 2. The Hall–Kier alpha value is -4.27. The number of ether oxygens (including phenoxy) is 1. The van der Waals surface area contributed by atoms with Crippen LogP contribution in [-0.2, 0) is 11.8 Å². The predicted molar refractivity (Wildman–Crippen MR) is 111 cm³/mol. The molecule has 0 aliphatic heterocycles. The van der Waals surface area contributed by atoms with Crippen LogP contribution in [0.5, 0.6) is 11.5 Å². The molecule has 0 radical (unpaired) electrons. The second kappa shape index (κ2) is 8.62. The Balaban J connectivity index is 2.18. The highest BCUT2D eigenvalue weighted by Gasteiger charge is 2.17. The van der Waals surface area contributed by atoms with E-state index in [9.17, 15) is 23.2 Å². The highest BCUT2D eigenvalue weighted by Crippen LogP contribution is 2.36. The molecule has 3 aromatic rings. The highest BCUT2D eigenvalue weighted by atomic mass is 19.1. The number of amides is 2. The lowest BCUT2D eigenvalue weighted by Gasteiger charge is -2.15. The first-order valence-electron chi connectivity index (χ1n) is 8.91.